The zero-order valence-electron chi connectivity index (χ0n) is 14.1. The highest BCUT2D eigenvalue weighted by Crippen LogP contribution is 2.35. The molecule has 1 nitrogen and oxygen atoms in total. The first-order valence-corrected chi connectivity index (χ1v) is 8.06. The summed E-state index contributed by atoms with van der Waals surface area (Å²) in [5.41, 5.74) is 8.37. The van der Waals surface area contributed by atoms with Gasteiger partial charge in [0.1, 0.15) is 0 Å². The fourth-order valence-electron chi connectivity index (χ4n) is 3.14. The molecule has 0 radical (unpaired) electrons. The van der Waals surface area contributed by atoms with Crippen LogP contribution in [0.25, 0.3) is 11.1 Å². The summed E-state index contributed by atoms with van der Waals surface area (Å²) in [4.78, 5) is 2.12. The zero-order chi connectivity index (χ0) is 16.2. The third-order valence-corrected chi connectivity index (χ3v) is 4.30. The quantitative estimate of drug-likeness (QED) is 0.460. The van der Waals surface area contributed by atoms with Crippen LogP contribution in [0.4, 0.5) is 5.69 Å². The average molecular weight is 301 g/mol. The van der Waals surface area contributed by atoms with Gasteiger partial charge in [-0.25, -0.2) is 0 Å². The lowest BCUT2D eigenvalue weighted by atomic mass is 10.1. The summed E-state index contributed by atoms with van der Waals surface area (Å²) in [5, 5.41) is 0. The van der Waals surface area contributed by atoms with Crippen molar-refractivity contribution in [1.29, 1.82) is 0 Å². The summed E-state index contributed by atoms with van der Waals surface area (Å²) >= 11 is 0. The highest BCUT2D eigenvalue weighted by molar-refractivity contribution is 5.76. The summed E-state index contributed by atoms with van der Waals surface area (Å²) in [7, 11) is 4.12. The number of anilines is 1. The first-order valence-electron chi connectivity index (χ1n) is 8.06. The van der Waals surface area contributed by atoms with E-state index < -0.39 is 0 Å². The van der Waals surface area contributed by atoms with Crippen LogP contribution in [0.2, 0.25) is 0 Å². The smallest absolute Gasteiger partial charge is 0.0390 e. The Morgan fingerprint density at radius 1 is 0.652 bits per heavy atom. The number of hydrogen-bond acceptors (Lipinski definition) is 1. The van der Waals surface area contributed by atoms with Gasteiger partial charge in [-0.15, -0.1) is 0 Å². The van der Waals surface area contributed by atoms with Gasteiger partial charge in [0.2, 0.25) is 0 Å². The second-order valence-corrected chi connectivity index (χ2v) is 6.17. The third kappa shape index (κ3) is 3.29. The van der Waals surface area contributed by atoms with Crippen molar-refractivity contribution in [2.24, 2.45) is 0 Å². The summed E-state index contributed by atoms with van der Waals surface area (Å²) in [5.74, 6) is 0. The molecule has 0 bridgehead atoms. The molecule has 0 saturated carbocycles. The second-order valence-electron chi connectivity index (χ2n) is 6.17. The summed E-state index contributed by atoms with van der Waals surface area (Å²) in [6.07, 6.45) is 1.10. The first kappa shape index (κ1) is 15.4. The summed E-state index contributed by atoms with van der Waals surface area (Å²) < 4.78 is 0. The lowest BCUT2D eigenvalue weighted by Gasteiger charge is -2.14. The first-order chi connectivity index (χ1) is 11.2. The van der Waals surface area contributed by atoms with Gasteiger partial charge in [-0.3, -0.25) is 0 Å². The molecule has 0 aromatic heterocycles. The van der Waals surface area contributed by atoms with Crippen LogP contribution < -0.4 is 4.90 Å². The standard InChI is InChI=1S/C13H10.C9H13N/c1-3-7-12-10(5-1)9-11-6-2-4-8-13(11)12;1-8-6-4-5-7-9(8)10(2)3/h1-8H,9H2;4-7H,1-3H3. The van der Waals surface area contributed by atoms with Crippen molar-refractivity contribution < 1.29 is 0 Å². The molecule has 0 spiro atoms. The lowest BCUT2D eigenvalue weighted by molar-refractivity contribution is 1.11. The Morgan fingerprint density at radius 2 is 1.13 bits per heavy atom. The Kier molecular flexibility index (Phi) is 4.47. The number of fused-ring (bicyclic) bond motifs is 3. The average Bonchev–Trinajstić information content (AvgIpc) is 2.94. The van der Waals surface area contributed by atoms with Gasteiger partial charge in [0.05, 0.1) is 0 Å². The van der Waals surface area contributed by atoms with Crippen LogP contribution in [0.15, 0.2) is 72.8 Å². The van der Waals surface area contributed by atoms with Gasteiger partial charge in [0, 0.05) is 19.8 Å². The molecular formula is C22H23N. The van der Waals surface area contributed by atoms with E-state index in [2.05, 4.69) is 98.7 Å². The summed E-state index contributed by atoms with van der Waals surface area (Å²) in [6, 6.07) is 25.7. The van der Waals surface area contributed by atoms with Crippen LogP contribution in [-0.4, -0.2) is 14.1 Å². The maximum absolute atomic E-state index is 2.22. The van der Waals surface area contributed by atoms with Crippen LogP contribution in [0.3, 0.4) is 0 Å². The van der Waals surface area contributed by atoms with Crippen LogP contribution in [0.5, 0.6) is 0 Å². The van der Waals surface area contributed by atoms with Crippen LogP contribution in [-0.2, 0) is 6.42 Å². The van der Waals surface area contributed by atoms with Gasteiger partial charge >= 0.3 is 0 Å². The molecule has 0 heterocycles. The molecule has 1 aliphatic carbocycles. The van der Waals surface area contributed by atoms with Crippen molar-refractivity contribution in [3.63, 3.8) is 0 Å². The molecule has 0 atom stereocenters. The van der Waals surface area contributed by atoms with Crippen LogP contribution >= 0.6 is 0 Å². The highest BCUT2D eigenvalue weighted by Gasteiger charge is 2.15. The maximum Gasteiger partial charge on any atom is 0.0390 e. The van der Waals surface area contributed by atoms with E-state index in [1.807, 2.05) is 0 Å². The van der Waals surface area contributed by atoms with Crippen molar-refractivity contribution in [2.75, 3.05) is 19.0 Å². The van der Waals surface area contributed by atoms with Gasteiger partial charge < -0.3 is 4.90 Å². The fourth-order valence-corrected chi connectivity index (χ4v) is 3.14. The number of nitrogens with zero attached hydrogens (tertiary/aromatic N) is 1. The van der Waals surface area contributed by atoms with E-state index in [-0.39, 0.29) is 0 Å². The van der Waals surface area contributed by atoms with Crippen molar-refractivity contribution in [2.45, 2.75) is 13.3 Å². The lowest BCUT2D eigenvalue weighted by Crippen LogP contribution is -2.09. The summed E-state index contributed by atoms with van der Waals surface area (Å²) in [6.45, 7) is 2.12. The number of aryl methyl sites for hydroxylation is 1. The largest absolute Gasteiger partial charge is 0.377 e. The third-order valence-electron chi connectivity index (χ3n) is 4.30. The second kappa shape index (κ2) is 6.70. The minimum atomic E-state index is 1.10. The van der Waals surface area contributed by atoms with E-state index >= 15 is 0 Å². The highest BCUT2D eigenvalue weighted by atomic mass is 15.1. The molecule has 0 aliphatic heterocycles. The Balaban J connectivity index is 0.000000142. The topological polar surface area (TPSA) is 3.24 Å². The molecule has 0 saturated heterocycles. The van der Waals surface area contributed by atoms with Crippen molar-refractivity contribution in [1.82, 2.24) is 0 Å². The van der Waals surface area contributed by atoms with Crippen molar-refractivity contribution >= 4 is 5.69 Å². The Bertz CT molecular complexity index is 759. The van der Waals surface area contributed by atoms with E-state index in [0.29, 0.717) is 0 Å². The number of rotatable bonds is 1. The zero-order valence-corrected chi connectivity index (χ0v) is 14.1. The van der Waals surface area contributed by atoms with E-state index in [1.165, 1.54) is 33.5 Å². The van der Waals surface area contributed by atoms with Crippen LogP contribution in [0.1, 0.15) is 16.7 Å². The van der Waals surface area contributed by atoms with E-state index in [9.17, 15) is 0 Å². The maximum atomic E-state index is 2.22. The molecule has 23 heavy (non-hydrogen) atoms. The number of hydrogen-bond donors (Lipinski definition) is 0. The molecule has 3 aromatic carbocycles. The number of para-hydroxylation sites is 1. The van der Waals surface area contributed by atoms with Crippen molar-refractivity contribution in [3.05, 3.63) is 89.5 Å². The predicted molar refractivity (Wildman–Crippen MR) is 100 cm³/mol. The minimum absolute atomic E-state index is 1.10. The van der Waals surface area contributed by atoms with Crippen LogP contribution in [0, 0.1) is 6.92 Å². The minimum Gasteiger partial charge on any atom is -0.377 e. The predicted octanol–water partition coefficient (Wildman–Crippen LogP) is 5.32. The monoisotopic (exact) mass is 301 g/mol. The van der Waals surface area contributed by atoms with Gasteiger partial charge in [0.15, 0.2) is 0 Å². The van der Waals surface area contributed by atoms with Crippen molar-refractivity contribution in [3.8, 4) is 11.1 Å². The Labute approximate surface area is 139 Å². The molecule has 0 amide bonds. The van der Waals surface area contributed by atoms with Gasteiger partial charge in [-0.1, -0.05) is 66.7 Å². The van der Waals surface area contributed by atoms with Gasteiger partial charge in [0.25, 0.3) is 0 Å². The molecule has 1 heteroatoms. The molecule has 0 fully saturated rings. The molecule has 0 N–H and O–H groups in total. The van der Waals surface area contributed by atoms with E-state index in [1.54, 1.807) is 0 Å². The molecule has 116 valence electrons. The SMILES string of the molecule is Cc1ccccc1N(C)C.c1ccc2c(c1)Cc1ccccc1-2. The normalized spacial score (nSPS) is 11.1. The molecular weight excluding hydrogens is 278 g/mol. The molecule has 3 aromatic rings. The molecule has 1 aliphatic rings. The van der Waals surface area contributed by atoms with Gasteiger partial charge in [-0.05, 0) is 47.2 Å². The van der Waals surface area contributed by atoms with Gasteiger partial charge in [-0.2, -0.15) is 0 Å². The van der Waals surface area contributed by atoms with E-state index in [0.717, 1.165) is 6.42 Å². The number of benzene rings is 3. The Morgan fingerprint density at radius 3 is 1.61 bits per heavy atom. The fraction of sp³-hybridized carbons (Fsp3) is 0.182. The molecule has 0 unspecified atom stereocenters. The van der Waals surface area contributed by atoms with E-state index in [4.69, 9.17) is 0 Å². The Hall–Kier alpha value is -2.54. The molecule has 4 rings (SSSR count).